The van der Waals surface area contributed by atoms with Crippen LogP contribution in [0.1, 0.15) is 143 Å². The first kappa shape index (κ1) is 94.5. The van der Waals surface area contributed by atoms with Crippen molar-refractivity contribution < 1.29 is 85.5 Å². The van der Waals surface area contributed by atoms with Crippen molar-refractivity contribution in [1.29, 1.82) is 0 Å². The molecule has 0 fully saturated rings. The number of aromatic hydroxyl groups is 4. The summed E-state index contributed by atoms with van der Waals surface area (Å²) in [5, 5.41) is 41.9. The Balaban J connectivity index is 0.000000189. The normalized spacial score (nSPS) is 10.7. The summed E-state index contributed by atoms with van der Waals surface area (Å²) in [6, 6.07) is 49.7. The highest BCUT2D eigenvalue weighted by Crippen LogP contribution is 2.37. The molecule has 0 atom stereocenters. The number of carbonyl (C=O) groups is 8. The Kier molecular flexibility index (Phi) is 33.6. The molecule has 12 rings (SSSR count). The van der Waals surface area contributed by atoms with Crippen molar-refractivity contribution in [2.75, 3.05) is 60.6 Å². The van der Waals surface area contributed by atoms with E-state index in [4.69, 9.17) is 22.1 Å². The molecule has 0 aliphatic carbocycles. The van der Waals surface area contributed by atoms with E-state index in [1.165, 1.54) is 164 Å². The van der Waals surface area contributed by atoms with Gasteiger partial charge in [0.05, 0.1) is 52.1 Å². The van der Waals surface area contributed by atoms with Crippen LogP contribution >= 0.6 is 11.6 Å². The standard InChI is InChI=1S/C25H25FN2O4.C24H22ClFN2O3.C24H22F2N2O3.C24H24FN3O3/c1-4-25(31)28(2)21-10-8-17(13-20(21)26)18-7-9-19(23(30)14-18)22(29)11-5-16-6-12-24(32-3)27-15-16;1-3-24(31)28(2)20-9-7-16(12-19(20)26)17-6-8-18(22(30)13-17)21(29)10-4-15-5-11-23(25)27-14-15;2*1-3-24(31)28(2)20-9-7-16(12-19(20)25)17-6-8-18(22(30)13-17)21(29)10-4-15-5-11-23(26)27-14-15/h6-10,12-15,30H,4-5,11H2,1-3H3;2*5-9,11-14,30H,3-4,10H2,1-2H3;5-9,11-14,30H,3-4,10H2,1-2H3,(H2,26,27). The Morgan fingerprint density at radius 3 is 0.816 bits per heavy atom. The highest BCUT2D eigenvalue weighted by Gasteiger charge is 2.23. The number of halogens is 6. The largest absolute Gasteiger partial charge is 0.507 e. The zero-order chi connectivity index (χ0) is 90.9. The van der Waals surface area contributed by atoms with Crippen LogP contribution < -0.4 is 30.1 Å². The fraction of sp³-hybridized carbons (Fsp3) is 0.216. The summed E-state index contributed by atoms with van der Waals surface area (Å²) in [6.45, 7) is 6.84. The van der Waals surface area contributed by atoms with E-state index in [2.05, 4.69) is 19.9 Å². The average molecular weight is 1720 g/mol. The number of methoxy groups -OCH3 is 1. The van der Waals surface area contributed by atoms with E-state index in [9.17, 15) is 80.7 Å². The second-order valence-electron chi connectivity index (χ2n) is 28.8. The summed E-state index contributed by atoms with van der Waals surface area (Å²) in [5.74, 6) is -4.23. The van der Waals surface area contributed by atoms with Gasteiger partial charge < -0.3 is 50.5 Å². The Morgan fingerprint density at radius 1 is 0.336 bits per heavy atom. The van der Waals surface area contributed by atoms with Crippen LogP contribution in [0.5, 0.6) is 28.9 Å². The third-order valence-electron chi connectivity index (χ3n) is 20.5. The number of hydrogen-bond acceptors (Lipinski definition) is 18. The molecule has 646 valence electrons. The van der Waals surface area contributed by atoms with Crippen molar-refractivity contribution in [2.45, 2.75) is 105 Å². The lowest BCUT2D eigenvalue weighted by Gasteiger charge is -2.18. The zero-order valence-electron chi connectivity index (χ0n) is 70.2. The van der Waals surface area contributed by atoms with Crippen molar-refractivity contribution in [3.63, 3.8) is 0 Å². The van der Waals surface area contributed by atoms with Gasteiger partial charge in [-0.1, -0.05) is 112 Å². The number of Topliss-reactive ketones (excluding diaryl/α,β-unsaturated/α-hetero) is 4. The molecule has 0 unspecified atom stereocenters. The van der Waals surface area contributed by atoms with Gasteiger partial charge in [0.2, 0.25) is 35.5 Å². The van der Waals surface area contributed by atoms with Crippen LogP contribution in [0.3, 0.4) is 0 Å². The van der Waals surface area contributed by atoms with Gasteiger partial charge in [-0.2, -0.15) is 4.39 Å². The summed E-state index contributed by atoms with van der Waals surface area (Å²) >= 11 is 5.76. The van der Waals surface area contributed by atoms with Crippen molar-refractivity contribution in [1.82, 2.24) is 19.9 Å². The first-order chi connectivity index (χ1) is 59.7. The van der Waals surface area contributed by atoms with E-state index in [-0.39, 0.29) is 166 Å². The number of hydrogen-bond donors (Lipinski definition) is 5. The second kappa shape index (κ2) is 44.5. The molecule has 12 aromatic rings. The molecule has 0 spiro atoms. The van der Waals surface area contributed by atoms with Crippen LogP contribution in [0.2, 0.25) is 5.15 Å². The van der Waals surface area contributed by atoms with E-state index in [0.29, 0.717) is 92.6 Å². The minimum Gasteiger partial charge on any atom is -0.507 e. The number of phenols is 4. The molecule has 0 aliphatic heterocycles. The van der Waals surface area contributed by atoms with Gasteiger partial charge in [0.1, 0.15) is 57.2 Å². The van der Waals surface area contributed by atoms with Crippen molar-refractivity contribution in [3.8, 4) is 73.4 Å². The number of rotatable bonds is 29. The molecule has 0 bridgehead atoms. The molecular weight excluding hydrogens is 1630 g/mol. The number of nitrogens with zero attached hydrogens (tertiary/aromatic N) is 8. The summed E-state index contributed by atoms with van der Waals surface area (Å²) in [4.78, 5) is 118. The second-order valence-corrected chi connectivity index (χ2v) is 29.2. The smallest absolute Gasteiger partial charge is 0.226 e. The van der Waals surface area contributed by atoms with Gasteiger partial charge in [0.25, 0.3) is 0 Å². The molecule has 28 heteroatoms. The van der Waals surface area contributed by atoms with E-state index in [0.717, 1.165) is 16.7 Å². The Labute approximate surface area is 725 Å². The predicted molar refractivity (Wildman–Crippen MR) is 472 cm³/mol. The van der Waals surface area contributed by atoms with Crippen molar-refractivity contribution in [3.05, 3.63) is 298 Å². The number of carbonyl (C=O) groups excluding carboxylic acids is 8. The summed E-state index contributed by atoms with van der Waals surface area (Å²) in [5.41, 5.74) is 14.7. The molecule has 6 N–H and O–H groups in total. The molecule has 0 saturated carbocycles. The molecule has 125 heavy (non-hydrogen) atoms. The molecule has 0 aliphatic rings. The number of pyridine rings is 4. The molecule has 4 aromatic heterocycles. The Hall–Kier alpha value is -14.3. The minimum atomic E-state index is -0.587. The molecule has 8 aromatic carbocycles. The van der Waals surface area contributed by atoms with Gasteiger partial charge in [-0.25, -0.2) is 37.5 Å². The number of ether oxygens (including phenoxy) is 1. The van der Waals surface area contributed by atoms with E-state index in [1.807, 2.05) is 12.1 Å². The number of ketones is 4. The number of aromatic nitrogens is 4. The topological polar surface area (TPSA) is 317 Å². The number of aryl methyl sites for hydroxylation is 4. The van der Waals surface area contributed by atoms with Gasteiger partial charge in [0, 0.05) is 110 Å². The van der Waals surface area contributed by atoms with E-state index in [1.54, 1.807) is 125 Å². The lowest BCUT2D eigenvalue weighted by atomic mass is 9.98. The summed E-state index contributed by atoms with van der Waals surface area (Å²) < 4.78 is 76.1. The SMILES string of the molecule is CCC(=O)N(C)c1ccc(-c2ccc(C(=O)CCc3ccc(Cl)nc3)c(O)c2)cc1F.CCC(=O)N(C)c1ccc(-c2ccc(C(=O)CCc3ccc(F)nc3)c(O)c2)cc1F.CCC(=O)N(C)c1ccc(-c2ccc(C(=O)CCc3ccc(N)nc3)c(O)c2)cc1F.CCC(=O)N(C)c1ccc(-c2ccc(C(=O)CCc3ccc(OC)nc3)c(O)c2)cc1F. The molecule has 0 radical (unpaired) electrons. The fourth-order valence-electron chi connectivity index (χ4n) is 13.1. The Morgan fingerprint density at radius 2 is 0.592 bits per heavy atom. The van der Waals surface area contributed by atoms with Crippen LogP contribution in [-0.2, 0) is 44.9 Å². The molecule has 22 nitrogen and oxygen atoms in total. The first-order valence-corrected chi connectivity index (χ1v) is 40.2. The van der Waals surface area contributed by atoms with Gasteiger partial charge in [-0.15, -0.1) is 0 Å². The maximum atomic E-state index is 14.6. The highest BCUT2D eigenvalue weighted by molar-refractivity contribution is 6.29. The van der Waals surface area contributed by atoms with Crippen molar-refractivity contribution >= 4 is 86.9 Å². The predicted octanol–water partition coefficient (Wildman–Crippen LogP) is 19.5. The number of benzene rings is 8. The van der Waals surface area contributed by atoms with Crippen LogP contribution in [-0.4, -0.2) is 122 Å². The lowest BCUT2D eigenvalue weighted by Crippen LogP contribution is -2.25. The van der Waals surface area contributed by atoms with Crippen LogP contribution in [0.25, 0.3) is 44.5 Å². The number of amides is 4. The first-order valence-electron chi connectivity index (χ1n) is 39.8. The Bertz CT molecular complexity index is 5480. The molecular formula is C97H93ClF5N9O13. The van der Waals surface area contributed by atoms with Gasteiger partial charge >= 0.3 is 0 Å². The number of nitrogen functional groups attached to an aromatic ring is 1. The molecule has 4 heterocycles. The minimum absolute atomic E-state index is 0.126. The summed E-state index contributed by atoms with van der Waals surface area (Å²) in [6.07, 6.45) is 9.88. The number of anilines is 5. The van der Waals surface area contributed by atoms with Gasteiger partial charge in [-0.3, -0.25) is 38.4 Å². The van der Waals surface area contributed by atoms with Gasteiger partial charge in [-0.05, 0) is 208 Å². The number of nitrogens with two attached hydrogens (primary N) is 1. The van der Waals surface area contributed by atoms with Crippen LogP contribution in [0.4, 0.5) is 50.5 Å². The summed E-state index contributed by atoms with van der Waals surface area (Å²) in [7, 11) is 7.62. The van der Waals surface area contributed by atoms with E-state index >= 15 is 0 Å². The van der Waals surface area contributed by atoms with Crippen LogP contribution in [0, 0.1) is 29.2 Å². The third-order valence-corrected chi connectivity index (χ3v) is 20.7. The van der Waals surface area contributed by atoms with Gasteiger partial charge in [0.15, 0.2) is 23.1 Å². The molecule has 0 saturated heterocycles. The van der Waals surface area contributed by atoms with E-state index < -0.39 is 29.2 Å². The lowest BCUT2D eigenvalue weighted by molar-refractivity contribution is -0.118. The fourth-order valence-corrected chi connectivity index (χ4v) is 13.2. The highest BCUT2D eigenvalue weighted by atomic mass is 35.5. The average Bonchev–Trinajstić information content (AvgIpc) is 0.819. The maximum absolute atomic E-state index is 14.6. The third kappa shape index (κ3) is 25.4. The monoisotopic (exact) mass is 1720 g/mol. The molecule has 4 amide bonds. The maximum Gasteiger partial charge on any atom is 0.226 e. The quantitative estimate of drug-likeness (QED) is 0.0165. The number of phenolic OH excluding ortho intramolecular Hbond substituents is 4. The zero-order valence-corrected chi connectivity index (χ0v) is 70.9. The van der Waals surface area contributed by atoms with Crippen molar-refractivity contribution in [2.24, 2.45) is 0 Å². The van der Waals surface area contributed by atoms with Crippen LogP contribution in [0.15, 0.2) is 219 Å².